The third kappa shape index (κ3) is 6.01. The van der Waals surface area contributed by atoms with Gasteiger partial charge in [-0.15, -0.1) is 0 Å². The average Bonchev–Trinajstić information content (AvgIpc) is 3.19. The molecule has 8 aromatic carbocycles. The predicted molar refractivity (Wildman–Crippen MR) is 215 cm³/mol. The predicted octanol–water partition coefficient (Wildman–Crippen LogP) is 14.1. The highest BCUT2D eigenvalue weighted by Gasteiger charge is 2.19. The van der Waals surface area contributed by atoms with Crippen LogP contribution in [0.25, 0.3) is 32.7 Å². The number of anilines is 6. The summed E-state index contributed by atoms with van der Waals surface area (Å²) >= 11 is 0. The fourth-order valence-electron chi connectivity index (χ4n) is 7.03. The zero-order valence-corrected chi connectivity index (χ0v) is 28.6. The third-order valence-electron chi connectivity index (χ3n) is 9.95. The first-order chi connectivity index (χ1) is 24.7. The molecule has 0 saturated carbocycles. The van der Waals surface area contributed by atoms with Crippen LogP contribution in [0.15, 0.2) is 188 Å². The first kappa shape index (κ1) is 31.2. The van der Waals surface area contributed by atoms with Crippen LogP contribution in [0.5, 0.6) is 0 Å². The van der Waals surface area contributed by atoms with Crippen molar-refractivity contribution >= 4 is 55.7 Å². The minimum atomic E-state index is 0.524. The van der Waals surface area contributed by atoms with Crippen molar-refractivity contribution in [1.82, 2.24) is 0 Å². The Hall–Kier alpha value is -6.12. The van der Waals surface area contributed by atoms with Crippen LogP contribution in [0, 0.1) is 0 Å². The van der Waals surface area contributed by atoms with E-state index in [0.717, 1.165) is 40.5 Å². The fourth-order valence-corrected chi connectivity index (χ4v) is 7.03. The maximum absolute atomic E-state index is 2.39. The highest BCUT2D eigenvalue weighted by molar-refractivity contribution is 6.00. The first-order valence-electron chi connectivity index (χ1n) is 17.6. The van der Waals surface area contributed by atoms with E-state index < -0.39 is 0 Å². The molecule has 0 radical (unpaired) electrons. The minimum absolute atomic E-state index is 0.524. The van der Waals surface area contributed by atoms with E-state index in [-0.39, 0.29) is 0 Å². The topological polar surface area (TPSA) is 6.48 Å². The van der Waals surface area contributed by atoms with E-state index in [4.69, 9.17) is 0 Å². The van der Waals surface area contributed by atoms with Gasteiger partial charge in [0.05, 0.1) is 11.4 Å². The van der Waals surface area contributed by atoms with E-state index in [0.29, 0.717) is 5.92 Å². The largest absolute Gasteiger partial charge is 0.310 e. The summed E-state index contributed by atoms with van der Waals surface area (Å²) < 4.78 is 0. The summed E-state index contributed by atoms with van der Waals surface area (Å²) in [6.45, 7) is 4.55. The van der Waals surface area contributed by atoms with Gasteiger partial charge in [0.1, 0.15) is 0 Å². The van der Waals surface area contributed by atoms with Crippen molar-refractivity contribution in [3.63, 3.8) is 0 Å². The molecule has 1 unspecified atom stereocenters. The van der Waals surface area contributed by atoms with E-state index >= 15 is 0 Å². The van der Waals surface area contributed by atoms with Crippen LogP contribution in [-0.2, 0) is 0 Å². The smallest absolute Gasteiger partial charge is 0.0540 e. The van der Waals surface area contributed by atoms with Gasteiger partial charge in [-0.3, -0.25) is 0 Å². The second kappa shape index (κ2) is 13.8. The summed E-state index contributed by atoms with van der Waals surface area (Å²) in [6, 6.07) is 68.1. The normalized spacial score (nSPS) is 11.8. The van der Waals surface area contributed by atoms with Crippen LogP contribution in [-0.4, -0.2) is 0 Å². The Morgan fingerprint density at radius 3 is 1.24 bits per heavy atom. The number of hydrogen-bond acceptors (Lipinski definition) is 2. The van der Waals surface area contributed by atoms with Gasteiger partial charge in [-0.25, -0.2) is 0 Å². The molecule has 2 nitrogen and oxygen atoms in total. The Balaban J connectivity index is 1.25. The lowest BCUT2D eigenvalue weighted by Gasteiger charge is -2.30. The zero-order valence-electron chi connectivity index (χ0n) is 28.6. The quantitative estimate of drug-likeness (QED) is 0.154. The third-order valence-corrected chi connectivity index (χ3v) is 9.95. The minimum Gasteiger partial charge on any atom is -0.310 e. The van der Waals surface area contributed by atoms with Gasteiger partial charge in [0, 0.05) is 33.5 Å². The molecule has 0 aromatic heterocycles. The molecule has 2 heteroatoms. The monoisotopic (exact) mass is 644 g/mol. The Morgan fingerprint density at radius 2 is 0.760 bits per heavy atom. The molecule has 0 aliphatic rings. The Morgan fingerprint density at radius 1 is 0.380 bits per heavy atom. The summed E-state index contributed by atoms with van der Waals surface area (Å²) in [4.78, 5) is 4.77. The maximum Gasteiger partial charge on any atom is 0.0540 e. The Bertz CT molecular complexity index is 2350. The molecule has 50 heavy (non-hydrogen) atoms. The molecule has 242 valence electrons. The summed E-state index contributed by atoms with van der Waals surface area (Å²) in [5.41, 5.74) is 10.6. The molecule has 0 N–H and O–H groups in total. The van der Waals surface area contributed by atoms with Gasteiger partial charge in [-0.05, 0) is 100 Å². The number of rotatable bonds is 9. The first-order valence-corrected chi connectivity index (χ1v) is 17.6. The molecular formula is C48H40N2. The van der Waals surface area contributed by atoms with Gasteiger partial charge in [0.25, 0.3) is 0 Å². The number of hydrogen-bond donors (Lipinski definition) is 0. The van der Waals surface area contributed by atoms with Crippen LogP contribution < -0.4 is 9.80 Å². The van der Waals surface area contributed by atoms with E-state index in [2.05, 4.69) is 212 Å². The Kier molecular flexibility index (Phi) is 8.59. The van der Waals surface area contributed by atoms with Crippen LogP contribution in [0.3, 0.4) is 0 Å². The van der Waals surface area contributed by atoms with Crippen molar-refractivity contribution in [3.8, 4) is 11.1 Å². The Labute approximate surface area is 295 Å². The molecule has 0 saturated heterocycles. The van der Waals surface area contributed by atoms with Gasteiger partial charge >= 0.3 is 0 Å². The van der Waals surface area contributed by atoms with E-state index in [9.17, 15) is 0 Å². The number of benzene rings is 8. The lowest BCUT2D eigenvalue weighted by atomic mass is 9.98. The summed E-state index contributed by atoms with van der Waals surface area (Å²) in [6.07, 6.45) is 1.12. The molecule has 0 aliphatic carbocycles. The SMILES string of the molecule is CCC(C)c1ccc(N(c2ccc(N(c3ccc(-c4ccccc4)cc3)c3cccc4ccccc34)cc2)c2cccc3ccccc23)cc1. The molecule has 1 atom stereocenters. The zero-order chi connectivity index (χ0) is 33.9. The summed E-state index contributed by atoms with van der Waals surface area (Å²) in [5, 5.41) is 4.88. The highest BCUT2D eigenvalue weighted by Crippen LogP contribution is 2.43. The average molecular weight is 645 g/mol. The molecule has 8 rings (SSSR count). The van der Waals surface area contributed by atoms with Gasteiger partial charge in [-0.1, -0.05) is 141 Å². The van der Waals surface area contributed by atoms with Crippen molar-refractivity contribution < 1.29 is 0 Å². The van der Waals surface area contributed by atoms with Crippen molar-refractivity contribution in [3.05, 3.63) is 194 Å². The van der Waals surface area contributed by atoms with Crippen LogP contribution >= 0.6 is 0 Å². The maximum atomic E-state index is 2.39. The van der Waals surface area contributed by atoms with Gasteiger partial charge in [0.2, 0.25) is 0 Å². The lowest BCUT2D eigenvalue weighted by Crippen LogP contribution is -2.13. The second-order valence-electron chi connectivity index (χ2n) is 13.0. The van der Waals surface area contributed by atoms with Crippen molar-refractivity contribution in [2.45, 2.75) is 26.2 Å². The van der Waals surface area contributed by atoms with Gasteiger partial charge in [-0.2, -0.15) is 0 Å². The molecule has 0 fully saturated rings. The summed E-state index contributed by atoms with van der Waals surface area (Å²) in [7, 11) is 0. The summed E-state index contributed by atoms with van der Waals surface area (Å²) in [5.74, 6) is 0.524. The van der Waals surface area contributed by atoms with Crippen molar-refractivity contribution in [2.24, 2.45) is 0 Å². The standard InChI is InChI=1S/C48H40N2/c1-3-35(2)36-23-27-41(28-24-36)49(47-21-11-17-39-15-7-9-19-45(39)47)43-31-33-44(34-32-43)50(48-22-12-18-40-16-8-10-20-46(40)48)42-29-25-38(26-30-42)37-13-5-4-6-14-37/h4-35H,3H2,1-2H3. The molecule has 0 aliphatic heterocycles. The van der Waals surface area contributed by atoms with Crippen LogP contribution in [0.4, 0.5) is 34.1 Å². The number of fused-ring (bicyclic) bond motifs is 2. The molecular weight excluding hydrogens is 605 g/mol. The molecule has 0 spiro atoms. The molecule has 0 amide bonds. The molecule has 0 heterocycles. The van der Waals surface area contributed by atoms with Crippen molar-refractivity contribution in [2.75, 3.05) is 9.80 Å². The highest BCUT2D eigenvalue weighted by atomic mass is 15.2. The lowest BCUT2D eigenvalue weighted by molar-refractivity contribution is 0.733. The number of nitrogens with zero attached hydrogens (tertiary/aromatic N) is 2. The second-order valence-corrected chi connectivity index (χ2v) is 13.0. The van der Waals surface area contributed by atoms with E-state index in [1.165, 1.54) is 38.2 Å². The molecule has 8 aromatic rings. The molecule has 0 bridgehead atoms. The fraction of sp³-hybridized carbons (Fsp3) is 0.0833. The van der Waals surface area contributed by atoms with Gasteiger partial charge in [0.15, 0.2) is 0 Å². The van der Waals surface area contributed by atoms with E-state index in [1.807, 2.05) is 0 Å². The van der Waals surface area contributed by atoms with Gasteiger partial charge < -0.3 is 9.80 Å². The van der Waals surface area contributed by atoms with Crippen molar-refractivity contribution in [1.29, 1.82) is 0 Å². The van der Waals surface area contributed by atoms with E-state index in [1.54, 1.807) is 0 Å². The van der Waals surface area contributed by atoms with Crippen LogP contribution in [0.2, 0.25) is 0 Å². The van der Waals surface area contributed by atoms with Crippen LogP contribution in [0.1, 0.15) is 31.7 Å².